The summed E-state index contributed by atoms with van der Waals surface area (Å²) in [6.07, 6.45) is 0.360. The second-order valence-electron chi connectivity index (χ2n) is 3.73. The maximum absolute atomic E-state index is 13.5. The largest absolute Gasteiger partial charge is 0.382 e. The Bertz CT molecular complexity index is 329. The Balaban J connectivity index is 2.42. The van der Waals surface area contributed by atoms with Crippen LogP contribution in [-0.4, -0.2) is 33.0 Å². The molecular formula is C12H17ClFNO2. The Hall–Kier alpha value is -0.680. The number of ether oxygens (including phenoxy) is 2. The average Bonchev–Trinajstić information content (AvgIpc) is 2.30. The highest BCUT2D eigenvalue weighted by molar-refractivity contribution is 6.31. The summed E-state index contributed by atoms with van der Waals surface area (Å²) in [6, 6.07) is 4.32. The Morgan fingerprint density at radius 3 is 2.82 bits per heavy atom. The summed E-state index contributed by atoms with van der Waals surface area (Å²) in [6.45, 7) is 1.36. The summed E-state index contributed by atoms with van der Waals surface area (Å²) in [7, 11) is 1.60. The van der Waals surface area contributed by atoms with E-state index in [1.54, 1.807) is 19.2 Å². The van der Waals surface area contributed by atoms with Gasteiger partial charge in [0.15, 0.2) is 0 Å². The number of methoxy groups -OCH3 is 1. The van der Waals surface area contributed by atoms with Gasteiger partial charge in [-0.3, -0.25) is 0 Å². The van der Waals surface area contributed by atoms with E-state index in [0.29, 0.717) is 36.8 Å². The molecule has 0 spiro atoms. The van der Waals surface area contributed by atoms with E-state index in [4.69, 9.17) is 26.8 Å². The Morgan fingerprint density at radius 1 is 1.41 bits per heavy atom. The molecule has 96 valence electrons. The molecule has 1 unspecified atom stereocenters. The first kappa shape index (κ1) is 14.4. The first-order chi connectivity index (χ1) is 8.15. The van der Waals surface area contributed by atoms with E-state index < -0.39 is 0 Å². The van der Waals surface area contributed by atoms with Crippen molar-refractivity contribution >= 4 is 11.6 Å². The van der Waals surface area contributed by atoms with Crippen molar-refractivity contribution in [2.75, 3.05) is 26.9 Å². The zero-order valence-electron chi connectivity index (χ0n) is 9.79. The predicted molar refractivity (Wildman–Crippen MR) is 65.8 cm³/mol. The summed E-state index contributed by atoms with van der Waals surface area (Å²) in [5.74, 6) is -0.329. The molecule has 0 bridgehead atoms. The fourth-order valence-corrected chi connectivity index (χ4v) is 1.67. The molecule has 0 aliphatic carbocycles. The molecule has 5 heteroatoms. The summed E-state index contributed by atoms with van der Waals surface area (Å²) in [4.78, 5) is 0. The van der Waals surface area contributed by atoms with E-state index in [1.807, 2.05) is 0 Å². The number of rotatable bonds is 7. The summed E-state index contributed by atoms with van der Waals surface area (Å²) in [5, 5.41) is 0.400. The van der Waals surface area contributed by atoms with Gasteiger partial charge >= 0.3 is 0 Å². The monoisotopic (exact) mass is 261 g/mol. The summed E-state index contributed by atoms with van der Waals surface area (Å²) < 4.78 is 23.6. The van der Waals surface area contributed by atoms with Crippen molar-refractivity contribution in [3.05, 3.63) is 34.6 Å². The van der Waals surface area contributed by atoms with Gasteiger partial charge in [-0.2, -0.15) is 0 Å². The van der Waals surface area contributed by atoms with Crippen LogP contribution in [0.2, 0.25) is 5.02 Å². The SMILES string of the molecule is COCCOCC(N)Cc1c(F)cccc1Cl. The number of nitrogens with two attached hydrogens (primary N) is 1. The maximum Gasteiger partial charge on any atom is 0.127 e. The molecule has 0 saturated heterocycles. The third kappa shape index (κ3) is 5.00. The van der Waals surface area contributed by atoms with Crippen molar-refractivity contribution in [3.8, 4) is 0 Å². The van der Waals surface area contributed by atoms with Gasteiger partial charge in [0.2, 0.25) is 0 Å². The topological polar surface area (TPSA) is 44.5 Å². The lowest BCUT2D eigenvalue weighted by atomic mass is 10.1. The van der Waals surface area contributed by atoms with E-state index in [-0.39, 0.29) is 11.9 Å². The van der Waals surface area contributed by atoms with E-state index in [2.05, 4.69) is 0 Å². The molecule has 3 nitrogen and oxygen atoms in total. The second kappa shape index (κ2) is 7.61. The number of benzene rings is 1. The second-order valence-corrected chi connectivity index (χ2v) is 4.14. The number of hydrogen-bond donors (Lipinski definition) is 1. The van der Waals surface area contributed by atoms with Crippen LogP contribution in [0, 0.1) is 5.82 Å². The molecule has 1 atom stereocenters. The summed E-state index contributed by atoms with van der Waals surface area (Å²) in [5.41, 5.74) is 6.28. The quantitative estimate of drug-likeness (QED) is 0.764. The van der Waals surface area contributed by atoms with Gasteiger partial charge in [0.1, 0.15) is 5.82 Å². The first-order valence-corrected chi connectivity index (χ1v) is 5.78. The van der Waals surface area contributed by atoms with Crippen LogP contribution >= 0.6 is 11.6 Å². The Labute approximate surface area is 106 Å². The molecule has 0 aliphatic rings. The third-order valence-corrected chi connectivity index (χ3v) is 2.65. The zero-order chi connectivity index (χ0) is 12.7. The van der Waals surface area contributed by atoms with Crippen LogP contribution < -0.4 is 5.73 Å². The highest BCUT2D eigenvalue weighted by atomic mass is 35.5. The molecule has 1 aromatic carbocycles. The van der Waals surface area contributed by atoms with Gasteiger partial charge in [-0.1, -0.05) is 17.7 Å². The molecule has 0 heterocycles. The third-order valence-electron chi connectivity index (χ3n) is 2.29. The molecule has 0 aliphatic heterocycles. The summed E-state index contributed by atoms with van der Waals surface area (Å²) >= 11 is 5.90. The number of halogens is 2. The van der Waals surface area contributed by atoms with Gasteiger partial charge < -0.3 is 15.2 Å². The molecule has 0 aromatic heterocycles. The lowest BCUT2D eigenvalue weighted by Gasteiger charge is -2.13. The van der Waals surface area contributed by atoms with Crippen LogP contribution in [-0.2, 0) is 15.9 Å². The molecule has 0 amide bonds. The molecule has 0 radical (unpaired) electrons. The van der Waals surface area contributed by atoms with Crippen LogP contribution in [0.5, 0.6) is 0 Å². The zero-order valence-corrected chi connectivity index (χ0v) is 10.5. The maximum atomic E-state index is 13.5. The van der Waals surface area contributed by atoms with Crippen molar-refractivity contribution in [1.29, 1.82) is 0 Å². The van der Waals surface area contributed by atoms with Crippen LogP contribution in [0.25, 0.3) is 0 Å². The van der Waals surface area contributed by atoms with Gasteiger partial charge in [0, 0.05) is 23.7 Å². The molecule has 0 saturated carbocycles. The standard InChI is InChI=1S/C12H17ClFNO2/c1-16-5-6-17-8-9(15)7-10-11(13)3-2-4-12(10)14/h2-4,9H,5-8,15H2,1H3. The van der Waals surface area contributed by atoms with Crippen LogP contribution in [0.4, 0.5) is 4.39 Å². The van der Waals surface area contributed by atoms with Crippen LogP contribution in [0.3, 0.4) is 0 Å². The highest BCUT2D eigenvalue weighted by Crippen LogP contribution is 2.20. The van der Waals surface area contributed by atoms with Crippen molar-refractivity contribution in [1.82, 2.24) is 0 Å². The lowest BCUT2D eigenvalue weighted by molar-refractivity contribution is 0.0636. The molecule has 1 rings (SSSR count). The van der Waals surface area contributed by atoms with Gasteiger partial charge in [0.25, 0.3) is 0 Å². The predicted octanol–water partition coefficient (Wildman–Crippen LogP) is 2.01. The number of hydrogen-bond acceptors (Lipinski definition) is 3. The van der Waals surface area contributed by atoms with Gasteiger partial charge in [-0.15, -0.1) is 0 Å². The molecule has 1 aromatic rings. The minimum absolute atomic E-state index is 0.277. The minimum Gasteiger partial charge on any atom is -0.382 e. The van der Waals surface area contributed by atoms with E-state index >= 15 is 0 Å². The highest BCUT2D eigenvalue weighted by Gasteiger charge is 2.11. The Kier molecular flexibility index (Phi) is 6.44. The van der Waals surface area contributed by atoms with E-state index in [0.717, 1.165) is 0 Å². The van der Waals surface area contributed by atoms with Crippen molar-refractivity contribution < 1.29 is 13.9 Å². The van der Waals surface area contributed by atoms with E-state index in [1.165, 1.54) is 6.07 Å². The molecule has 2 N–H and O–H groups in total. The molecule has 17 heavy (non-hydrogen) atoms. The minimum atomic E-state index is -0.329. The fraction of sp³-hybridized carbons (Fsp3) is 0.500. The molecule has 0 fully saturated rings. The van der Waals surface area contributed by atoms with E-state index in [9.17, 15) is 4.39 Å². The van der Waals surface area contributed by atoms with Gasteiger partial charge in [0.05, 0.1) is 19.8 Å². The smallest absolute Gasteiger partial charge is 0.127 e. The van der Waals surface area contributed by atoms with Crippen LogP contribution in [0.1, 0.15) is 5.56 Å². The first-order valence-electron chi connectivity index (χ1n) is 5.40. The average molecular weight is 262 g/mol. The Morgan fingerprint density at radius 2 is 2.18 bits per heavy atom. The van der Waals surface area contributed by atoms with Crippen molar-refractivity contribution in [2.24, 2.45) is 5.73 Å². The van der Waals surface area contributed by atoms with Crippen molar-refractivity contribution in [2.45, 2.75) is 12.5 Å². The lowest BCUT2D eigenvalue weighted by Crippen LogP contribution is -2.29. The molecular weight excluding hydrogens is 245 g/mol. The normalized spacial score (nSPS) is 12.7. The fourth-order valence-electron chi connectivity index (χ4n) is 1.43. The van der Waals surface area contributed by atoms with Crippen LogP contribution in [0.15, 0.2) is 18.2 Å². The van der Waals surface area contributed by atoms with Gasteiger partial charge in [-0.05, 0) is 18.6 Å². The van der Waals surface area contributed by atoms with Gasteiger partial charge in [-0.25, -0.2) is 4.39 Å². The van der Waals surface area contributed by atoms with Crippen molar-refractivity contribution in [3.63, 3.8) is 0 Å².